The first kappa shape index (κ1) is 22.0. The Morgan fingerprint density at radius 1 is 1.19 bits per heavy atom. The average Bonchev–Trinajstić information content (AvgIpc) is 3.23. The van der Waals surface area contributed by atoms with Crippen LogP contribution in [0.1, 0.15) is 23.0 Å². The predicted molar refractivity (Wildman–Crippen MR) is 116 cm³/mol. The lowest BCUT2D eigenvalue weighted by atomic mass is 10.1. The van der Waals surface area contributed by atoms with Gasteiger partial charge in [-0.25, -0.2) is 9.18 Å². The molecule has 1 N–H and O–H groups in total. The van der Waals surface area contributed by atoms with Gasteiger partial charge in [0.1, 0.15) is 29.0 Å². The number of nitrogens with zero attached hydrogens (tertiary/aromatic N) is 1. The maximum atomic E-state index is 13.9. The van der Waals surface area contributed by atoms with Crippen molar-refractivity contribution in [3.8, 4) is 17.4 Å². The maximum Gasteiger partial charge on any atom is 0.338 e. The Kier molecular flexibility index (Phi) is 7.00. The number of benzene rings is 2. The third kappa shape index (κ3) is 5.47. The molecule has 8 heteroatoms. The summed E-state index contributed by atoms with van der Waals surface area (Å²) in [7, 11) is 0. The molecule has 0 fully saturated rings. The van der Waals surface area contributed by atoms with E-state index < -0.39 is 17.7 Å². The molecule has 31 heavy (non-hydrogen) atoms. The summed E-state index contributed by atoms with van der Waals surface area (Å²) in [5.74, 6) is -1.05. The maximum absolute atomic E-state index is 13.9. The van der Waals surface area contributed by atoms with E-state index in [0.717, 1.165) is 0 Å². The van der Waals surface area contributed by atoms with E-state index in [1.807, 2.05) is 0 Å². The number of anilines is 1. The summed E-state index contributed by atoms with van der Waals surface area (Å²) in [4.78, 5) is 24.1. The number of halogens is 2. The van der Waals surface area contributed by atoms with Gasteiger partial charge in [-0.2, -0.15) is 5.26 Å². The van der Waals surface area contributed by atoms with Gasteiger partial charge in [0.15, 0.2) is 0 Å². The minimum absolute atomic E-state index is 0.0452. The summed E-state index contributed by atoms with van der Waals surface area (Å²) in [5.41, 5.74) is 0.825. The molecule has 0 saturated carbocycles. The number of hydrogen-bond acceptors (Lipinski definition) is 5. The Morgan fingerprint density at radius 2 is 1.94 bits per heavy atom. The van der Waals surface area contributed by atoms with Gasteiger partial charge in [0, 0.05) is 16.1 Å². The average molecular weight is 483 g/mol. The first-order chi connectivity index (χ1) is 14.9. The lowest BCUT2D eigenvalue weighted by molar-refractivity contribution is -0.112. The molecule has 1 amide bonds. The van der Waals surface area contributed by atoms with E-state index in [-0.39, 0.29) is 23.6 Å². The van der Waals surface area contributed by atoms with Gasteiger partial charge >= 0.3 is 5.97 Å². The molecule has 3 rings (SSSR count). The molecule has 0 unspecified atom stereocenters. The lowest BCUT2D eigenvalue weighted by Crippen LogP contribution is -2.14. The highest BCUT2D eigenvalue weighted by Gasteiger charge is 2.14. The molecule has 2 aromatic carbocycles. The molecule has 0 aliphatic heterocycles. The number of rotatable bonds is 6. The molecular formula is C23H16BrFN2O4. The van der Waals surface area contributed by atoms with Crippen molar-refractivity contribution in [2.75, 3.05) is 11.9 Å². The number of nitrogens with one attached hydrogen (secondary N) is 1. The van der Waals surface area contributed by atoms with E-state index in [0.29, 0.717) is 21.4 Å². The monoisotopic (exact) mass is 482 g/mol. The van der Waals surface area contributed by atoms with E-state index in [9.17, 15) is 19.2 Å². The number of esters is 1. The predicted octanol–water partition coefficient (Wildman–Crippen LogP) is 5.57. The van der Waals surface area contributed by atoms with Gasteiger partial charge in [-0.1, -0.05) is 28.1 Å². The highest BCUT2D eigenvalue weighted by Crippen LogP contribution is 2.25. The van der Waals surface area contributed by atoms with Crippen molar-refractivity contribution in [2.24, 2.45) is 0 Å². The quantitative estimate of drug-likeness (QED) is 0.281. The van der Waals surface area contributed by atoms with Crippen LogP contribution in [0, 0.1) is 17.1 Å². The zero-order valence-corrected chi connectivity index (χ0v) is 17.9. The van der Waals surface area contributed by atoms with Crippen LogP contribution < -0.4 is 5.32 Å². The smallest absolute Gasteiger partial charge is 0.338 e. The molecule has 0 aliphatic carbocycles. The molecule has 1 heterocycles. The molecule has 3 aromatic rings. The second-order valence-electron chi connectivity index (χ2n) is 6.25. The first-order valence-electron chi connectivity index (χ1n) is 9.17. The minimum atomic E-state index is -0.763. The standard InChI is InChI=1S/C23H16BrFN2O4/c1-2-30-23(29)15-5-3-14(4-6-15)21-10-8-18(31-21)11-16(13-26)22(28)27-20-9-7-17(24)12-19(20)25/h3-12H,2H2,1H3,(H,27,28)/b16-11-. The molecule has 0 bridgehead atoms. The van der Waals surface area contributed by atoms with Crippen LogP contribution in [0.4, 0.5) is 10.1 Å². The van der Waals surface area contributed by atoms with Crippen LogP contribution in [0.2, 0.25) is 0 Å². The van der Waals surface area contributed by atoms with Crippen molar-refractivity contribution in [1.29, 1.82) is 5.26 Å². The second kappa shape index (κ2) is 9.87. The van der Waals surface area contributed by atoms with E-state index in [1.54, 1.807) is 55.5 Å². The Bertz CT molecular complexity index is 1190. The fourth-order valence-corrected chi connectivity index (χ4v) is 2.98. The summed E-state index contributed by atoms with van der Waals surface area (Å²) in [5, 5.41) is 11.7. The van der Waals surface area contributed by atoms with Crippen LogP contribution in [0.3, 0.4) is 0 Å². The van der Waals surface area contributed by atoms with Crippen molar-refractivity contribution in [3.63, 3.8) is 0 Å². The fourth-order valence-electron chi connectivity index (χ4n) is 2.64. The van der Waals surface area contributed by atoms with Crippen LogP contribution in [-0.2, 0) is 9.53 Å². The van der Waals surface area contributed by atoms with Crippen molar-refractivity contribution in [2.45, 2.75) is 6.92 Å². The number of ether oxygens (including phenoxy) is 1. The van der Waals surface area contributed by atoms with E-state index in [1.165, 1.54) is 18.2 Å². The van der Waals surface area contributed by atoms with Gasteiger partial charge in [0.2, 0.25) is 0 Å². The Hall–Kier alpha value is -3.70. The van der Waals surface area contributed by atoms with Crippen LogP contribution in [0.15, 0.2) is 69.1 Å². The van der Waals surface area contributed by atoms with Gasteiger partial charge in [0.25, 0.3) is 5.91 Å². The fraction of sp³-hybridized carbons (Fsp3) is 0.0870. The molecular weight excluding hydrogens is 467 g/mol. The minimum Gasteiger partial charge on any atom is -0.462 e. The summed E-state index contributed by atoms with van der Waals surface area (Å²) < 4.78 is 25.1. The zero-order valence-electron chi connectivity index (χ0n) is 16.3. The second-order valence-corrected chi connectivity index (χ2v) is 7.16. The van der Waals surface area contributed by atoms with Gasteiger partial charge in [-0.05, 0) is 49.4 Å². The number of carbonyl (C=O) groups is 2. The third-order valence-corrected chi connectivity index (χ3v) is 4.63. The third-order valence-electron chi connectivity index (χ3n) is 4.14. The lowest BCUT2D eigenvalue weighted by Gasteiger charge is -2.05. The van der Waals surface area contributed by atoms with Crippen molar-refractivity contribution in [3.05, 3.63) is 81.8 Å². The summed E-state index contributed by atoms with van der Waals surface area (Å²) in [6.45, 7) is 2.02. The zero-order chi connectivity index (χ0) is 22.4. The molecule has 156 valence electrons. The molecule has 0 aliphatic rings. The SMILES string of the molecule is CCOC(=O)c1ccc(-c2ccc(/C=C(/C#N)C(=O)Nc3ccc(Br)cc3F)o2)cc1. The van der Waals surface area contributed by atoms with Gasteiger partial charge in [-0.15, -0.1) is 0 Å². The molecule has 0 radical (unpaired) electrons. The number of nitriles is 1. The van der Waals surface area contributed by atoms with Crippen molar-refractivity contribution < 1.29 is 23.1 Å². The molecule has 0 saturated heterocycles. The highest BCUT2D eigenvalue weighted by molar-refractivity contribution is 9.10. The summed E-state index contributed by atoms with van der Waals surface area (Å²) >= 11 is 3.14. The Morgan fingerprint density at radius 3 is 2.58 bits per heavy atom. The Labute approximate surface area is 186 Å². The number of amides is 1. The highest BCUT2D eigenvalue weighted by atomic mass is 79.9. The van der Waals surface area contributed by atoms with Crippen LogP contribution >= 0.6 is 15.9 Å². The molecule has 6 nitrogen and oxygen atoms in total. The summed E-state index contributed by atoms with van der Waals surface area (Å²) in [6.07, 6.45) is 1.27. The van der Waals surface area contributed by atoms with Crippen LogP contribution in [0.25, 0.3) is 17.4 Å². The van der Waals surface area contributed by atoms with E-state index >= 15 is 0 Å². The van der Waals surface area contributed by atoms with Gasteiger partial charge in [0.05, 0.1) is 17.9 Å². The number of hydrogen-bond donors (Lipinski definition) is 1. The number of carbonyl (C=O) groups excluding carboxylic acids is 2. The summed E-state index contributed by atoms with van der Waals surface area (Å²) in [6, 6.07) is 15.9. The topological polar surface area (TPSA) is 92.3 Å². The molecule has 0 spiro atoms. The Balaban J connectivity index is 1.76. The number of furan rings is 1. The largest absolute Gasteiger partial charge is 0.462 e. The van der Waals surface area contributed by atoms with E-state index in [4.69, 9.17) is 9.15 Å². The van der Waals surface area contributed by atoms with Crippen molar-refractivity contribution in [1.82, 2.24) is 0 Å². The normalized spacial score (nSPS) is 11.0. The van der Waals surface area contributed by atoms with Crippen molar-refractivity contribution >= 4 is 39.6 Å². The van der Waals surface area contributed by atoms with Gasteiger partial charge < -0.3 is 14.5 Å². The van der Waals surface area contributed by atoms with E-state index in [2.05, 4.69) is 21.2 Å². The van der Waals surface area contributed by atoms with Gasteiger partial charge in [-0.3, -0.25) is 4.79 Å². The molecule has 1 aromatic heterocycles. The first-order valence-corrected chi connectivity index (χ1v) is 9.96. The van der Waals surface area contributed by atoms with Crippen LogP contribution in [-0.4, -0.2) is 18.5 Å². The van der Waals surface area contributed by atoms with Crippen LogP contribution in [0.5, 0.6) is 0 Å². The molecule has 0 atom stereocenters.